The largest absolute Gasteiger partial charge is 0.497 e. The Balaban J connectivity index is 1.88. The minimum Gasteiger partial charge on any atom is -0.497 e. The lowest BCUT2D eigenvalue weighted by atomic mass is 10.1. The number of carbonyl (C=O) groups is 1. The predicted molar refractivity (Wildman–Crippen MR) is 104 cm³/mol. The Morgan fingerprint density at radius 2 is 1.93 bits per heavy atom. The van der Waals surface area contributed by atoms with E-state index < -0.39 is 11.2 Å². The van der Waals surface area contributed by atoms with Crippen LogP contribution in [0.2, 0.25) is 0 Å². The first-order valence-corrected chi connectivity index (χ1v) is 9.32. The molecule has 1 aliphatic rings. The van der Waals surface area contributed by atoms with Crippen LogP contribution in [0.3, 0.4) is 0 Å². The number of benzene rings is 1. The van der Waals surface area contributed by atoms with Crippen molar-refractivity contribution >= 4 is 5.91 Å². The predicted octanol–water partition coefficient (Wildman–Crippen LogP) is 1.53. The normalized spacial score (nSPS) is 14.1. The Kier molecular flexibility index (Phi) is 6.18. The van der Waals surface area contributed by atoms with Gasteiger partial charge in [0.15, 0.2) is 0 Å². The molecule has 1 saturated carbocycles. The molecule has 1 aromatic carbocycles. The van der Waals surface area contributed by atoms with Crippen LogP contribution in [0.15, 0.2) is 40.1 Å². The molecule has 28 heavy (non-hydrogen) atoms. The summed E-state index contributed by atoms with van der Waals surface area (Å²) < 4.78 is 12.0. The number of aromatic nitrogens is 2. The van der Waals surface area contributed by atoms with E-state index in [1.165, 1.54) is 16.8 Å². The Labute approximate surface area is 162 Å². The maximum atomic E-state index is 13.1. The van der Waals surface area contributed by atoms with Crippen LogP contribution in [0.5, 0.6) is 11.5 Å². The molecule has 0 spiro atoms. The zero-order valence-electron chi connectivity index (χ0n) is 16.1. The van der Waals surface area contributed by atoms with Crippen LogP contribution in [0.25, 0.3) is 0 Å². The lowest BCUT2D eigenvalue weighted by Gasteiger charge is -2.30. The van der Waals surface area contributed by atoms with E-state index in [9.17, 15) is 14.4 Å². The maximum Gasteiger partial charge on any atom is 0.328 e. The van der Waals surface area contributed by atoms with Gasteiger partial charge in [-0.2, -0.15) is 0 Å². The zero-order valence-corrected chi connectivity index (χ0v) is 16.1. The molecule has 1 aliphatic carbocycles. The molecule has 0 saturated heterocycles. The first-order chi connectivity index (χ1) is 13.5. The number of ether oxygens (including phenoxy) is 2. The number of amides is 1. The van der Waals surface area contributed by atoms with Crippen molar-refractivity contribution in [2.24, 2.45) is 0 Å². The lowest BCUT2D eigenvalue weighted by Crippen LogP contribution is -2.42. The van der Waals surface area contributed by atoms with Crippen molar-refractivity contribution < 1.29 is 14.3 Å². The van der Waals surface area contributed by atoms with E-state index in [0.29, 0.717) is 18.0 Å². The Hall–Kier alpha value is -3.03. The van der Waals surface area contributed by atoms with Gasteiger partial charge in [-0.1, -0.05) is 12.8 Å². The van der Waals surface area contributed by atoms with Crippen molar-refractivity contribution in [3.05, 3.63) is 56.9 Å². The quantitative estimate of drug-likeness (QED) is 0.778. The third-order valence-corrected chi connectivity index (χ3v) is 5.12. The molecule has 0 unspecified atom stereocenters. The molecule has 0 atom stereocenters. The van der Waals surface area contributed by atoms with Gasteiger partial charge >= 0.3 is 5.69 Å². The number of hydrogen-bond donors (Lipinski definition) is 1. The first kappa shape index (κ1) is 19.7. The third-order valence-electron chi connectivity index (χ3n) is 5.12. The zero-order chi connectivity index (χ0) is 20.1. The molecule has 1 fully saturated rings. The number of aromatic amines is 1. The van der Waals surface area contributed by atoms with Crippen LogP contribution in [-0.4, -0.2) is 40.6 Å². The number of carbonyl (C=O) groups excluding carboxylic acids is 1. The van der Waals surface area contributed by atoms with Crippen molar-refractivity contribution in [3.8, 4) is 11.5 Å². The summed E-state index contributed by atoms with van der Waals surface area (Å²) >= 11 is 0. The van der Waals surface area contributed by atoms with E-state index in [-0.39, 0.29) is 18.5 Å². The van der Waals surface area contributed by atoms with Gasteiger partial charge in [0.2, 0.25) is 5.91 Å². The number of nitrogens with one attached hydrogen (secondary N) is 1. The second kappa shape index (κ2) is 8.77. The second-order valence-electron chi connectivity index (χ2n) is 6.88. The molecule has 8 heteroatoms. The van der Waals surface area contributed by atoms with Crippen LogP contribution in [0.1, 0.15) is 31.2 Å². The number of rotatable bonds is 7. The smallest absolute Gasteiger partial charge is 0.328 e. The minimum atomic E-state index is -0.591. The maximum absolute atomic E-state index is 13.1. The van der Waals surface area contributed by atoms with Crippen molar-refractivity contribution in [1.29, 1.82) is 0 Å². The highest BCUT2D eigenvalue weighted by atomic mass is 16.5. The molecule has 2 aromatic rings. The molecule has 8 nitrogen and oxygen atoms in total. The summed E-state index contributed by atoms with van der Waals surface area (Å²) in [5.41, 5.74) is -0.232. The second-order valence-corrected chi connectivity index (χ2v) is 6.88. The fraction of sp³-hybridized carbons (Fsp3) is 0.450. The Bertz CT molecular complexity index is 943. The van der Waals surface area contributed by atoms with E-state index in [0.717, 1.165) is 31.2 Å². The number of hydrogen-bond acceptors (Lipinski definition) is 5. The van der Waals surface area contributed by atoms with E-state index in [2.05, 4.69) is 4.98 Å². The molecular formula is C20H25N3O5. The van der Waals surface area contributed by atoms with Crippen LogP contribution >= 0.6 is 0 Å². The number of H-pyrrole nitrogens is 1. The Morgan fingerprint density at radius 1 is 1.18 bits per heavy atom. The van der Waals surface area contributed by atoms with Gasteiger partial charge < -0.3 is 14.4 Å². The van der Waals surface area contributed by atoms with Crippen molar-refractivity contribution in [1.82, 2.24) is 14.5 Å². The van der Waals surface area contributed by atoms with Gasteiger partial charge in [0.05, 0.1) is 14.2 Å². The highest BCUT2D eigenvalue weighted by Crippen LogP contribution is 2.30. The lowest BCUT2D eigenvalue weighted by molar-refractivity contribution is -0.134. The molecule has 1 heterocycles. The number of methoxy groups -OCH3 is 2. The highest BCUT2D eigenvalue weighted by Gasteiger charge is 2.28. The van der Waals surface area contributed by atoms with E-state index in [1.807, 2.05) is 23.1 Å². The van der Waals surface area contributed by atoms with E-state index in [1.54, 1.807) is 14.2 Å². The van der Waals surface area contributed by atoms with E-state index in [4.69, 9.17) is 9.47 Å². The molecule has 0 aliphatic heterocycles. The average Bonchev–Trinajstić information content (AvgIpc) is 3.22. The van der Waals surface area contributed by atoms with Gasteiger partial charge in [-0.15, -0.1) is 0 Å². The number of nitrogens with zero attached hydrogens (tertiary/aromatic N) is 2. The first-order valence-electron chi connectivity index (χ1n) is 9.32. The monoisotopic (exact) mass is 387 g/mol. The van der Waals surface area contributed by atoms with Crippen LogP contribution in [0, 0.1) is 0 Å². The van der Waals surface area contributed by atoms with E-state index >= 15 is 0 Å². The van der Waals surface area contributed by atoms with Crippen LogP contribution in [-0.2, 0) is 17.9 Å². The average molecular weight is 387 g/mol. The summed E-state index contributed by atoms with van der Waals surface area (Å²) in [5.74, 6) is 1.19. The highest BCUT2D eigenvalue weighted by molar-refractivity contribution is 5.76. The summed E-state index contributed by atoms with van der Waals surface area (Å²) in [5, 5.41) is 0. The minimum absolute atomic E-state index is 0.113. The van der Waals surface area contributed by atoms with Crippen molar-refractivity contribution in [2.45, 2.75) is 44.8 Å². The SMILES string of the molecule is COc1ccc(OC)c(CN(C(=O)Cn2ccc(=O)[nH]c2=O)C2CCCC2)c1. The summed E-state index contributed by atoms with van der Waals surface area (Å²) in [6.07, 6.45) is 5.35. The summed E-state index contributed by atoms with van der Waals surface area (Å²) in [6.45, 7) is 0.236. The van der Waals surface area contributed by atoms with Crippen molar-refractivity contribution in [2.75, 3.05) is 14.2 Å². The van der Waals surface area contributed by atoms with Crippen LogP contribution < -0.4 is 20.7 Å². The topological polar surface area (TPSA) is 93.6 Å². The molecule has 1 aromatic heterocycles. The van der Waals surface area contributed by atoms with Gasteiger partial charge in [0.1, 0.15) is 18.0 Å². The molecule has 1 amide bonds. The standard InChI is InChI=1S/C20H25N3O5/c1-27-16-7-8-17(28-2)14(11-16)12-23(15-5-3-4-6-15)19(25)13-22-10-9-18(24)21-20(22)26/h7-11,15H,3-6,12-13H2,1-2H3,(H,21,24,26). The summed E-state index contributed by atoms with van der Waals surface area (Å²) in [4.78, 5) is 40.3. The van der Waals surface area contributed by atoms with Crippen molar-refractivity contribution in [3.63, 3.8) is 0 Å². The Morgan fingerprint density at radius 3 is 2.57 bits per heavy atom. The summed E-state index contributed by atoms with van der Waals surface area (Å²) in [7, 11) is 3.18. The van der Waals surface area contributed by atoms with Gasteiger partial charge in [0.25, 0.3) is 5.56 Å². The fourth-order valence-corrected chi connectivity index (χ4v) is 3.63. The molecule has 3 rings (SSSR count). The molecule has 0 bridgehead atoms. The molecule has 150 valence electrons. The fourth-order valence-electron chi connectivity index (χ4n) is 3.63. The summed E-state index contributed by atoms with van der Waals surface area (Å²) in [6, 6.07) is 6.84. The van der Waals surface area contributed by atoms with Gasteiger partial charge in [0, 0.05) is 30.4 Å². The van der Waals surface area contributed by atoms with Gasteiger partial charge in [-0.05, 0) is 31.0 Å². The third kappa shape index (κ3) is 4.44. The molecule has 1 N–H and O–H groups in total. The van der Waals surface area contributed by atoms with Gasteiger partial charge in [-0.3, -0.25) is 19.1 Å². The van der Waals surface area contributed by atoms with Crippen LogP contribution in [0.4, 0.5) is 0 Å². The van der Waals surface area contributed by atoms with Gasteiger partial charge in [-0.25, -0.2) is 4.79 Å². The molecule has 0 radical (unpaired) electrons. The molecular weight excluding hydrogens is 362 g/mol.